The number of hydrogen-bond acceptors (Lipinski definition) is 3. The number of rotatable bonds is 5. The number of nitrogens with zero attached hydrogens (tertiary/aromatic N) is 3. The lowest BCUT2D eigenvalue weighted by Gasteiger charge is -2.42. The Labute approximate surface area is 165 Å². The molecule has 1 atom stereocenters. The number of amides is 2. The summed E-state index contributed by atoms with van der Waals surface area (Å²) >= 11 is 0. The van der Waals surface area contributed by atoms with Crippen molar-refractivity contribution in [3.63, 3.8) is 0 Å². The summed E-state index contributed by atoms with van der Waals surface area (Å²) in [5.41, 5.74) is 3.42. The van der Waals surface area contributed by atoms with Crippen LogP contribution in [0.5, 0.6) is 0 Å². The SMILES string of the molecule is Cc1cc(C(=O)NCC23CCC=C2N(Cc2ccccc2)C(=O)CC3)n(C)n1. The third kappa shape index (κ3) is 3.35. The molecule has 1 fully saturated rings. The van der Waals surface area contributed by atoms with E-state index in [9.17, 15) is 9.59 Å². The van der Waals surface area contributed by atoms with Crippen molar-refractivity contribution >= 4 is 11.8 Å². The molecule has 1 aliphatic heterocycles. The van der Waals surface area contributed by atoms with Crippen LogP contribution in [0.2, 0.25) is 0 Å². The van der Waals surface area contributed by atoms with Crippen molar-refractivity contribution in [1.29, 1.82) is 0 Å². The van der Waals surface area contributed by atoms with Gasteiger partial charge in [0, 0.05) is 31.1 Å². The van der Waals surface area contributed by atoms with Gasteiger partial charge in [-0.15, -0.1) is 0 Å². The highest BCUT2D eigenvalue weighted by Gasteiger charge is 2.45. The minimum absolute atomic E-state index is 0.116. The second-order valence-corrected chi connectivity index (χ2v) is 7.85. The zero-order valence-electron chi connectivity index (χ0n) is 16.4. The van der Waals surface area contributed by atoms with E-state index in [2.05, 4.69) is 16.5 Å². The Bertz CT molecular complexity index is 931. The molecule has 1 N–H and O–H groups in total. The fourth-order valence-electron chi connectivity index (χ4n) is 4.46. The molecule has 0 spiro atoms. The number of piperidine rings is 1. The molecule has 4 rings (SSSR count). The Hall–Kier alpha value is -2.89. The first-order valence-corrected chi connectivity index (χ1v) is 9.82. The Morgan fingerprint density at radius 2 is 2.04 bits per heavy atom. The molecule has 2 amide bonds. The van der Waals surface area contributed by atoms with Crippen LogP contribution >= 0.6 is 0 Å². The zero-order valence-corrected chi connectivity index (χ0v) is 16.4. The summed E-state index contributed by atoms with van der Waals surface area (Å²) in [6.45, 7) is 3.00. The summed E-state index contributed by atoms with van der Waals surface area (Å²) in [4.78, 5) is 27.3. The standard InChI is InChI=1S/C22H26N4O2/c1-16-13-18(25(2)24-16)21(28)23-15-22-11-6-9-19(22)26(20(27)10-12-22)14-17-7-4-3-5-8-17/h3-5,7-9,13H,6,10-12,14-15H2,1-2H3,(H,23,28). The number of allylic oxidation sites excluding steroid dienone is 1. The molecule has 6 nitrogen and oxygen atoms in total. The molecule has 0 saturated carbocycles. The van der Waals surface area contributed by atoms with Crippen LogP contribution in [-0.4, -0.2) is 33.0 Å². The van der Waals surface area contributed by atoms with Gasteiger partial charge in [-0.2, -0.15) is 5.10 Å². The fourth-order valence-corrected chi connectivity index (χ4v) is 4.46. The molecular formula is C22H26N4O2. The molecule has 2 heterocycles. The predicted octanol–water partition coefficient (Wildman–Crippen LogP) is 2.95. The number of carbonyl (C=O) groups is 2. The normalized spacial score (nSPS) is 21.4. The monoisotopic (exact) mass is 378 g/mol. The molecule has 2 aliphatic rings. The maximum Gasteiger partial charge on any atom is 0.269 e. The largest absolute Gasteiger partial charge is 0.350 e. The topological polar surface area (TPSA) is 67.2 Å². The molecule has 1 aromatic heterocycles. The molecule has 1 aromatic carbocycles. The smallest absolute Gasteiger partial charge is 0.269 e. The summed E-state index contributed by atoms with van der Waals surface area (Å²) in [5, 5.41) is 7.36. The van der Waals surface area contributed by atoms with Crippen LogP contribution in [0.3, 0.4) is 0 Å². The van der Waals surface area contributed by atoms with Crippen molar-refractivity contribution in [2.24, 2.45) is 12.5 Å². The number of likely N-dealkylation sites (tertiary alicyclic amines) is 1. The second-order valence-electron chi connectivity index (χ2n) is 7.85. The number of nitrogens with one attached hydrogen (secondary N) is 1. The molecule has 1 saturated heterocycles. The zero-order chi connectivity index (χ0) is 19.7. The lowest BCUT2D eigenvalue weighted by Crippen LogP contribution is -2.48. The van der Waals surface area contributed by atoms with Crippen molar-refractivity contribution in [3.05, 3.63) is 65.1 Å². The van der Waals surface area contributed by atoms with Gasteiger partial charge in [-0.1, -0.05) is 36.4 Å². The van der Waals surface area contributed by atoms with E-state index in [0.29, 0.717) is 25.2 Å². The summed E-state index contributed by atoms with van der Waals surface area (Å²) in [6.07, 6.45) is 5.39. The third-order valence-electron chi connectivity index (χ3n) is 5.92. The van der Waals surface area contributed by atoms with Crippen LogP contribution in [0.4, 0.5) is 0 Å². The van der Waals surface area contributed by atoms with Crippen LogP contribution in [0.1, 0.15) is 47.4 Å². The summed E-state index contributed by atoms with van der Waals surface area (Å²) in [6, 6.07) is 11.9. The lowest BCUT2D eigenvalue weighted by atomic mass is 9.76. The average molecular weight is 378 g/mol. The van der Waals surface area contributed by atoms with Gasteiger partial charge in [-0.3, -0.25) is 14.3 Å². The molecule has 1 unspecified atom stereocenters. The van der Waals surface area contributed by atoms with Gasteiger partial charge < -0.3 is 10.2 Å². The van der Waals surface area contributed by atoms with E-state index < -0.39 is 0 Å². The average Bonchev–Trinajstić information content (AvgIpc) is 3.26. The van der Waals surface area contributed by atoms with E-state index in [4.69, 9.17) is 0 Å². The highest BCUT2D eigenvalue weighted by molar-refractivity contribution is 5.92. The van der Waals surface area contributed by atoms with Gasteiger partial charge >= 0.3 is 0 Å². The van der Waals surface area contributed by atoms with Gasteiger partial charge in [0.1, 0.15) is 5.69 Å². The third-order valence-corrected chi connectivity index (χ3v) is 5.92. The van der Waals surface area contributed by atoms with E-state index in [1.54, 1.807) is 17.8 Å². The summed E-state index contributed by atoms with van der Waals surface area (Å²) in [5.74, 6) is 0.0523. The van der Waals surface area contributed by atoms with Crippen LogP contribution in [0, 0.1) is 12.3 Å². The number of hydrogen-bond donors (Lipinski definition) is 1. The van der Waals surface area contributed by atoms with Crippen LogP contribution in [0.25, 0.3) is 0 Å². The van der Waals surface area contributed by atoms with Crippen molar-refractivity contribution < 1.29 is 9.59 Å². The van der Waals surface area contributed by atoms with Gasteiger partial charge in [-0.25, -0.2) is 0 Å². The molecule has 2 aromatic rings. The van der Waals surface area contributed by atoms with Crippen LogP contribution < -0.4 is 5.32 Å². The van der Waals surface area contributed by atoms with Crippen molar-refractivity contribution in [2.75, 3.05) is 6.54 Å². The minimum Gasteiger partial charge on any atom is -0.350 e. The maximum atomic E-state index is 12.7. The number of fused-ring (bicyclic) bond motifs is 1. The Morgan fingerprint density at radius 3 is 2.75 bits per heavy atom. The quantitative estimate of drug-likeness (QED) is 0.870. The van der Waals surface area contributed by atoms with E-state index in [0.717, 1.165) is 36.2 Å². The predicted molar refractivity (Wildman–Crippen MR) is 106 cm³/mol. The van der Waals surface area contributed by atoms with Gasteiger partial charge in [-0.05, 0) is 37.8 Å². The molecule has 28 heavy (non-hydrogen) atoms. The molecule has 6 heteroatoms. The van der Waals surface area contributed by atoms with E-state index >= 15 is 0 Å². The Balaban J connectivity index is 1.51. The molecule has 0 bridgehead atoms. The number of aryl methyl sites for hydroxylation is 2. The molecular weight excluding hydrogens is 352 g/mol. The molecule has 1 aliphatic carbocycles. The highest BCUT2D eigenvalue weighted by atomic mass is 16.2. The summed E-state index contributed by atoms with van der Waals surface area (Å²) in [7, 11) is 1.78. The first kappa shape index (κ1) is 18.5. The van der Waals surface area contributed by atoms with Gasteiger partial charge in [0.2, 0.25) is 5.91 Å². The first-order chi connectivity index (χ1) is 13.5. The van der Waals surface area contributed by atoms with E-state index in [-0.39, 0.29) is 17.2 Å². The van der Waals surface area contributed by atoms with Gasteiger partial charge in [0.15, 0.2) is 0 Å². The number of carbonyl (C=O) groups excluding carboxylic acids is 2. The van der Waals surface area contributed by atoms with Crippen molar-refractivity contribution in [2.45, 2.75) is 39.2 Å². The highest BCUT2D eigenvalue weighted by Crippen LogP contribution is 2.48. The van der Waals surface area contributed by atoms with Crippen LogP contribution in [0.15, 0.2) is 48.2 Å². The van der Waals surface area contributed by atoms with Gasteiger partial charge in [0.25, 0.3) is 5.91 Å². The lowest BCUT2D eigenvalue weighted by molar-refractivity contribution is -0.133. The molecule has 146 valence electrons. The Kier molecular flexibility index (Phi) is 4.79. The van der Waals surface area contributed by atoms with Gasteiger partial charge in [0.05, 0.1) is 12.2 Å². The number of aromatic nitrogens is 2. The van der Waals surface area contributed by atoms with E-state index in [1.807, 2.05) is 42.2 Å². The van der Waals surface area contributed by atoms with Crippen LogP contribution in [-0.2, 0) is 18.4 Å². The molecule has 0 radical (unpaired) electrons. The minimum atomic E-state index is -0.161. The van der Waals surface area contributed by atoms with Crippen molar-refractivity contribution in [3.8, 4) is 0 Å². The fraction of sp³-hybridized carbons (Fsp3) is 0.409. The summed E-state index contributed by atoms with van der Waals surface area (Å²) < 4.78 is 1.61. The van der Waals surface area contributed by atoms with E-state index in [1.165, 1.54) is 0 Å². The Morgan fingerprint density at radius 1 is 1.25 bits per heavy atom. The first-order valence-electron chi connectivity index (χ1n) is 9.82. The van der Waals surface area contributed by atoms with Crippen molar-refractivity contribution in [1.82, 2.24) is 20.0 Å². The number of benzene rings is 1. The second kappa shape index (κ2) is 7.26. The maximum absolute atomic E-state index is 12.7.